The Hall–Kier alpha value is -2.38. The van der Waals surface area contributed by atoms with Crippen LogP contribution in [0, 0.1) is 0 Å². The summed E-state index contributed by atoms with van der Waals surface area (Å²) in [5.41, 5.74) is 1.88. The van der Waals surface area contributed by atoms with Crippen LogP contribution in [0.15, 0.2) is 59.1 Å². The van der Waals surface area contributed by atoms with Crippen LogP contribution in [0.25, 0.3) is 0 Å². The van der Waals surface area contributed by atoms with Crippen molar-refractivity contribution >= 4 is 33.6 Å². The maximum atomic E-state index is 13.0. The third kappa shape index (κ3) is 10.7. The van der Waals surface area contributed by atoms with Gasteiger partial charge in [0.2, 0.25) is 5.91 Å². The average Bonchev–Trinajstić information content (AvgIpc) is 2.82. The summed E-state index contributed by atoms with van der Waals surface area (Å²) < 4.78 is 0.899. The molecule has 3 amide bonds. The number of carbonyl (C=O) groups excluding carboxylic acids is 2. The predicted octanol–water partition coefficient (Wildman–Crippen LogP) is 5.54. The molecule has 7 heteroatoms. The van der Waals surface area contributed by atoms with Crippen molar-refractivity contribution in [3.8, 4) is 0 Å². The number of nitrogens with zero attached hydrogens (tertiary/aromatic N) is 2. The number of benzene rings is 2. The molecule has 0 fully saturated rings. The molecular weight excluding hydrogens is 492 g/mol. The van der Waals surface area contributed by atoms with Gasteiger partial charge in [-0.1, -0.05) is 66.2 Å². The molecule has 0 aliphatic rings. The number of hydrogen-bond donors (Lipinski definition) is 2. The van der Waals surface area contributed by atoms with Gasteiger partial charge in [-0.3, -0.25) is 4.79 Å². The number of anilines is 1. The zero-order chi connectivity index (χ0) is 24.8. The van der Waals surface area contributed by atoms with E-state index in [1.165, 1.54) is 0 Å². The van der Waals surface area contributed by atoms with E-state index < -0.39 is 0 Å². The van der Waals surface area contributed by atoms with Crippen molar-refractivity contribution in [1.29, 1.82) is 0 Å². The van der Waals surface area contributed by atoms with Crippen LogP contribution in [-0.2, 0) is 11.2 Å². The third-order valence-corrected chi connectivity index (χ3v) is 6.39. The van der Waals surface area contributed by atoms with Crippen LogP contribution in [-0.4, -0.2) is 60.5 Å². The molecule has 0 aliphatic carbocycles. The normalized spacial score (nSPS) is 11.8. The lowest BCUT2D eigenvalue weighted by Crippen LogP contribution is -2.40. The highest BCUT2D eigenvalue weighted by molar-refractivity contribution is 9.10. The quantitative estimate of drug-likeness (QED) is 0.336. The Morgan fingerprint density at radius 2 is 1.71 bits per heavy atom. The van der Waals surface area contributed by atoms with E-state index in [4.69, 9.17) is 0 Å². The minimum Gasteiger partial charge on any atom is -0.354 e. The molecule has 0 saturated carbocycles. The molecule has 6 nitrogen and oxygen atoms in total. The Morgan fingerprint density at radius 1 is 0.971 bits per heavy atom. The molecule has 2 aromatic carbocycles. The Balaban J connectivity index is 1.88. The van der Waals surface area contributed by atoms with Gasteiger partial charge in [0.15, 0.2) is 0 Å². The van der Waals surface area contributed by atoms with E-state index >= 15 is 0 Å². The summed E-state index contributed by atoms with van der Waals surface area (Å²) in [4.78, 5) is 29.7. The second kappa shape index (κ2) is 15.5. The van der Waals surface area contributed by atoms with Crippen molar-refractivity contribution in [2.45, 2.75) is 52.5 Å². The molecule has 0 radical (unpaired) electrons. The Morgan fingerprint density at radius 3 is 2.38 bits per heavy atom. The van der Waals surface area contributed by atoms with Crippen LogP contribution >= 0.6 is 15.9 Å². The van der Waals surface area contributed by atoms with Gasteiger partial charge in [0.1, 0.15) is 0 Å². The first-order valence-electron chi connectivity index (χ1n) is 12.3. The number of nitrogens with one attached hydrogen (secondary N) is 2. The fraction of sp³-hybridized carbons (Fsp3) is 0.481. The third-order valence-electron chi connectivity index (χ3n) is 5.90. The van der Waals surface area contributed by atoms with Crippen LogP contribution in [0.3, 0.4) is 0 Å². The fourth-order valence-corrected chi connectivity index (χ4v) is 4.21. The molecule has 0 bridgehead atoms. The van der Waals surface area contributed by atoms with Crippen molar-refractivity contribution in [3.63, 3.8) is 0 Å². The van der Waals surface area contributed by atoms with Crippen LogP contribution in [0.2, 0.25) is 0 Å². The van der Waals surface area contributed by atoms with E-state index in [0.29, 0.717) is 13.1 Å². The molecule has 186 valence electrons. The smallest absolute Gasteiger partial charge is 0.321 e. The van der Waals surface area contributed by atoms with Crippen molar-refractivity contribution < 1.29 is 9.59 Å². The maximum Gasteiger partial charge on any atom is 0.321 e. The molecule has 34 heavy (non-hydrogen) atoms. The molecular formula is C27H39BrN4O2. The lowest BCUT2D eigenvalue weighted by atomic mass is 10.1. The molecule has 0 spiro atoms. The number of amides is 3. The number of urea groups is 1. The Labute approximate surface area is 213 Å². The van der Waals surface area contributed by atoms with E-state index in [2.05, 4.69) is 57.4 Å². The topological polar surface area (TPSA) is 64.7 Å². The number of rotatable bonds is 14. The minimum absolute atomic E-state index is 0.0182. The Kier molecular flexibility index (Phi) is 12.7. The first-order chi connectivity index (χ1) is 16.4. The predicted molar refractivity (Wildman–Crippen MR) is 144 cm³/mol. The van der Waals surface area contributed by atoms with Crippen LogP contribution in [0.1, 0.15) is 45.6 Å². The highest BCUT2D eigenvalue weighted by Gasteiger charge is 2.16. The van der Waals surface area contributed by atoms with Gasteiger partial charge in [0.25, 0.3) is 0 Å². The summed E-state index contributed by atoms with van der Waals surface area (Å²) in [5.74, 6) is -0.0182. The zero-order valence-electron chi connectivity index (χ0n) is 20.7. The van der Waals surface area contributed by atoms with Crippen LogP contribution in [0.5, 0.6) is 0 Å². The molecule has 1 atom stereocenters. The maximum absolute atomic E-state index is 13.0. The number of halogens is 1. The highest BCUT2D eigenvalue weighted by atomic mass is 79.9. The average molecular weight is 532 g/mol. The van der Waals surface area contributed by atoms with Crippen molar-refractivity contribution in [1.82, 2.24) is 15.1 Å². The van der Waals surface area contributed by atoms with E-state index in [0.717, 1.165) is 54.6 Å². The minimum atomic E-state index is -0.200. The molecule has 0 aliphatic heterocycles. The van der Waals surface area contributed by atoms with Gasteiger partial charge in [-0.2, -0.15) is 0 Å². The van der Waals surface area contributed by atoms with Gasteiger partial charge in [0, 0.05) is 35.7 Å². The molecule has 0 saturated heterocycles. The van der Waals surface area contributed by atoms with E-state index in [-0.39, 0.29) is 24.4 Å². The molecule has 2 rings (SSSR count). The molecule has 2 aromatic rings. The van der Waals surface area contributed by atoms with Gasteiger partial charge in [-0.05, 0) is 69.6 Å². The summed E-state index contributed by atoms with van der Waals surface area (Å²) in [6.45, 7) is 10.5. The van der Waals surface area contributed by atoms with E-state index in [9.17, 15) is 9.59 Å². The van der Waals surface area contributed by atoms with Crippen molar-refractivity contribution in [2.24, 2.45) is 0 Å². The lowest BCUT2D eigenvalue weighted by Gasteiger charge is -2.24. The summed E-state index contributed by atoms with van der Waals surface area (Å²) in [7, 11) is 0. The van der Waals surface area contributed by atoms with Gasteiger partial charge >= 0.3 is 6.03 Å². The lowest BCUT2D eigenvalue weighted by molar-refractivity contribution is -0.121. The number of hydrogen-bond acceptors (Lipinski definition) is 3. The van der Waals surface area contributed by atoms with Gasteiger partial charge in [-0.15, -0.1) is 0 Å². The second-order valence-electron chi connectivity index (χ2n) is 8.55. The standard InChI is InChI=1S/C27H39BrN4O2/c1-4-31(5-2)18-10-11-22(3)29-26(33)17-20-32(19-16-23-12-7-6-8-13-23)27(34)30-25-15-9-14-24(28)21-25/h6-9,12-15,21-22H,4-5,10-11,16-20H2,1-3H3,(H,29,33)(H,30,34). The molecule has 0 heterocycles. The Bertz CT molecular complexity index is 874. The first-order valence-corrected chi connectivity index (χ1v) is 13.1. The molecule has 0 aromatic heterocycles. The summed E-state index contributed by atoms with van der Waals surface area (Å²) >= 11 is 3.44. The van der Waals surface area contributed by atoms with E-state index in [1.54, 1.807) is 4.90 Å². The second-order valence-corrected chi connectivity index (χ2v) is 9.47. The van der Waals surface area contributed by atoms with Crippen molar-refractivity contribution in [2.75, 3.05) is 38.0 Å². The van der Waals surface area contributed by atoms with Gasteiger partial charge in [0.05, 0.1) is 0 Å². The van der Waals surface area contributed by atoms with Crippen molar-refractivity contribution in [3.05, 3.63) is 64.6 Å². The first kappa shape index (κ1) is 27.9. The van der Waals surface area contributed by atoms with Crippen LogP contribution < -0.4 is 10.6 Å². The zero-order valence-corrected chi connectivity index (χ0v) is 22.3. The summed E-state index contributed by atoms with van der Waals surface area (Å²) in [6.07, 6.45) is 3.02. The largest absolute Gasteiger partial charge is 0.354 e. The van der Waals surface area contributed by atoms with Crippen LogP contribution in [0.4, 0.5) is 10.5 Å². The van der Waals surface area contributed by atoms with E-state index in [1.807, 2.05) is 49.4 Å². The summed E-state index contributed by atoms with van der Waals surface area (Å²) in [6, 6.07) is 17.5. The highest BCUT2D eigenvalue weighted by Crippen LogP contribution is 2.16. The number of carbonyl (C=O) groups is 2. The fourth-order valence-electron chi connectivity index (χ4n) is 3.81. The summed E-state index contributed by atoms with van der Waals surface area (Å²) in [5, 5.41) is 6.05. The SMILES string of the molecule is CCN(CC)CCCC(C)NC(=O)CCN(CCc1ccccc1)C(=O)Nc1cccc(Br)c1. The molecule has 1 unspecified atom stereocenters. The monoisotopic (exact) mass is 530 g/mol. The molecule has 2 N–H and O–H groups in total. The van der Waals surface area contributed by atoms with Gasteiger partial charge in [-0.25, -0.2) is 4.79 Å². The van der Waals surface area contributed by atoms with Gasteiger partial charge < -0.3 is 20.4 Å².